The minimum atomic E-state index is -0.362. The van der Waals surface area contributed by atoms with Gasteiger partial charge in [-0.1, -0.05) is 30.3 Å². The second kappa shape index (κ2) is 7.82. The molecule has 6 heteroatoms. The molecule has 2 amide bonds. The summed E-state index contributed by atoms with van der Waals surface area (Å²) in [7, 11) is 0. The van der Waals surface area contributed by atoms with Gasteiger partial charge in [0.05, 0.1) is 0 Å². The van der Waals surface area contributed by atoms with Crippen LogP contribution in [0.5, 0.6) is 0 Å². The maximum absolute atomic E-state index is 13.2. The Balaban J connectivity index is 1.49. The van der Waals surface area contributed by atoms with E-state index in [1.165, 1.54) is 9.75 Å². The molecule has 1 aromatic carbocycles. The second-order valence-corrected chi connectivity index (χ2v) is 8.76. The van der Waals surface area contributed by atoms with Gasteiger partial charge in [-0.3, -0.25) is 14.5 Å². The fourth-order valence-electron chi connectivity index (χ4n) is 3.98. The maximum Gasteiger partial charge on any atom is 0.247 e. The molecule has 2 saturated heterocycles. The highest BCUT2D eigenvalue weighted by molar-refractivity contribution is 7.11. The van der Waals surface area contributed by atoms with Crippen LogP contribution in [0.25, 0.3) is 0 Å². The van der Waals surface area contributed by atoms with Crippen LogP contribution >= 0.6 is 11.3 Å². The van der Waals surface area contributed by atoms with Crippen LogP contribution in [0.3, 0.4) is 0 Å². The maximum atomic E-state index is 13.2. The first kappa shape index (κ1) is 18.2. The Kier molecular flexibility index (Phi) is 5.27. The fourth-order valence-corrected chi connectivity index (χ4v) is 4.91. The predicted molar refractivity (Wildman–Crippen MR) is 106 cm³/mol. The molecule has 0 spiro atoms. The Hall–Kier alpha value is -2.18. The van der Waals surface area contributed by atoms with E-state index in [0.29, 0.717) is 19.6 Å². The van der Waals surface area contributed by atoms with Gasteiger partial charge in [-0.05, 0) is 31.0 Å². The molecule has 2 aliphatic rings. The van der Waals surface area contributed by atoms with E-state index in [2.05, 4.69) is 24.0 Å². The van der Waals surface area contributed by atoms with Crippen molar-refractivity contribution in [2.75, 3.05) is 26.2 Å². The SMILES string of the molecule is Cc1ccc(CN2CCCN3C(=O)CN(Cc4ccccc4)C(=O)C3C2)s1. The van der Waals surface area contributed by atoms with Gasteiger partial charge in [0, 0.05) is 42.5 Å². The van der Waals surface area contributed by atoms with Crippen LogP contribution in [0.4, 0.5) is 0 Å². The number of fused-ring (bicyclic) bond motifs is 1. The summed E-state index contributed by atoms with van der Waals surface area (Å²) in [5.41, 5.74) is 1.06. The van der Waals surface area contributed by atoms with Crippen LogP contribution in [0.2, 0.25) is 0 Å². The van der Waals surface area contributed by atoms with E-state index in [4.69, 9.17) is 0 Å². The Morgan fingerprint density at radius 2 is 1.85 bits per heavy atom. The summed E-state index contributed by atoms with van der Waals surface area (Å²) in [4.78, 5) is 34.4. The van der Waals surface area contributed by atoms with Crippen molar-refractivity contribution in [3.63, 3.8) is 0 Å². The Bertz CT molecular complexity index is 820. The van der Waals surface area contributed by atoms with Gasteiger partial charge in [0.1, 0.15) is 12.6 Å². The number of amides is 2. The largest absolute Gasteiger partial charge is 0.328 e. The predicted octanol–water partition coefficient (Wildman–Crippen LogP) is 2.50. The molecular formula is C21H25N3O2S. The van der Waals surface area contributed by atoms with Crippen molar-refractivity contribution in [3.8, 4) is 0 Å². The molecule has 3 heterocycles. The monoisotopic (exact) mass is 383 g/mol. The summed E-state index contributed by atoms with van der Waals surface area (Å²) >= 11 is 1.80. The van der Waals surface area contributed by atoms with Gasteiger partial charge >= 0.3 is 0 Å². The normalized spacial score (nSPS) is 21.3. The lowest BCUT2D eigenvalue weighted by atomic mass is 10.1. The van der Waals surface area contributed by atoms with Crippen molar-refractivity contribution < 1.29 is 9.59 Å². The highest BCUT2D eigenvalue weighted by atomic mass is 32.1. The Labute approximate surface area is 164 Å². The molecule has 5 nitrogen and oxygen atoms in total. The first-order chi connectivity index (χ1) is 13.1. The summed E-state index contributed by atoms with van der Waals surface area (Å²) in [6, 6.07) is 13.8. The number of benzene rings is 1. The zero-order chi connectivity index (χ0) is 18.8. The van der Waals surface area contributed by atoms with Gasteiger partial charge in [0.2, 0.25) is 11.8 Å². The molecule has 1 atom stereocenters. The van der Waals surface area contributed by atoms with Gasteiger partial charge in [-0.25, -0.2) is 0 Å². The third kappa shape index (κ3) is 4.06. The number of carbonyl (C=O) groups excluding carboxylic acids is 2. The molecule has 0 saturated carbocycles. The van der Waals surface area contributed by atoms with Gasteiger partial charge in [0.25, 0.3) is 0 Å². The molecule has 4 rings (SSSR count). The Morgan fingerprint density at radius 1 is 1.04 bits per heavy atom. The van der Waals surface area contributed by atoms with Crippen molar-refractivity contribution in [2.24, 2.45) is 0 Å². The zero-order valence-electron chi connectivity index (χ0n) is 15.6. The van der Waals surface area contributed by atoms with Crippen LogP contribution < -0.4 is 0 Å². The lowest BCUT2D eigenvalue weighted by Gasteiger charge is -2.40. The zero-order valence-corrected chi connectivity index (χ0v) is 16.5. The third-order valence-electron chi connectivity index (χ3n) is 5.32. The number of thiophene rings is 1. The van der Waals surface area contributed by atoms with Crippen molar-refractivity contribution in [2.45, 2.75) is 32.5 Å². The summed E-state index contributed by atoms with van der Waals surface area (Å²) in [6.07, 6.45) is 0.915. The summed E-state index contributed by atoms with van der Waals surface area (Å²) in [5.74, 6) is 0.150. The van der Waals surface area contributed by atoms with E-state index in [9.17, 15) is 9.59 Å². The van der Waals surface area contributed by atoms with Gasteiger partial charge in [-0.2, -0.15) is 0 Å². The molecule has 27 heavy (non-hydrogen) atoms. The van der Waals surface area contributed by atoms with Gasteiger partial charge < -0.3 is 9.80 Å². The Morgan fingerprint density at radius 3 is 2.59 bits per heavy atom. The van der Waals surface area contributed by atoms with E-state index < -0.39 is 0 Å². The molecule has 142 valence electrons. The molecular weight excluding hydrogens is 358 g/mol. The quantitative estimate of drug-likeness (QED) is 0.815. The van der Waals surface area contributed by atoms with Crippen molar-refractivity contribution in [1.82, 2.24) is 14.7 Å². The molecule has 0 aliphatic carbocycles. The molecule has 2 aliphatic heterocycles. The average molecular weight is 384 g/mol. The molecule has 1 unspecified atom stereocenters. The molecule has 0 N–H and O–H groups in total. The molecule has 2 fully saturated rings. The number of hydrogen-bond donors (Lipinski definition) is 0. The first-order valence-electron chi connectivity index (χ1n) is 9.50. The highest BCUT2D eigenvalue weighted by Crippen LogP contribution is 2.23. The van der Waals surface area contributed by atoms with Crippen LogP contribution in [-0.4, -0.2) is 58.7 Å². The standard InChI is InChI=1S/C21H25N3O2S/c1-16-8-9-18(27-16)13-22-10-5-11-24-19(14-22)21(26)23(15-20(24)25)12-17-6-3-2-4-7-17/h2-4,6-9,19H,5,10-15H2,1H3. The van der Waals surface area contributed by atoms with E-state index in [0.717, 1.165) is 25.1 Å². The number of aryl methyl sites for hydroxylation is 1. The minimum absolute atomic E-state index is 0.0735. The fraction of sp³-hybridized carbons (Fsp3) is 0.429. The summed E-state index contributed by atoms with van der Waals surface area (Å²) < 4.78 is 0. The number of rotatable bonds is 4. The van der Waals surface area contributed by atoms with Crippen LogP contribution in [0, 0.1) is 6.92 Å². The molecule has 0 bridgehead atoms. The van der Waals surface area contributed by atoms with E-state index in [1.54, 1.807) is 16.2 Å². The third-order valence-corrected chi connectivity index (χ3v) is 6.30. The van der Waals surface area contributed by atoms with Crippen LogP contribution in [0.15, 0.2) is 42.5 Å². The smallest absolute Gasteiger partial charge is 0.247 e. The number of carbonyl (C=O) groups is 2. The lowest BCUT2D eigenvalue weighted by Crippen LogP contribution is -2.61. The first-order valence-corrected chi connectivity index (χ1v) is 10.3. The van der Waals surface area contributed by atoms with Gasteiger partial charge in [-0.15, -0.1) is 11.3 Å². The van der Waals surface area contributed by atoms with Crippen molar-refractivity contribution in [3.05, 3.63) is 57.8 Å². The number of piperazine rings is 1. The number of hydrogen-bond acceptors (Lipinski definition) is 4. The lowest BCUT2D eigenvalue weighted by molar-refractivity contribution is -0.156. The van der Waals surface area contributed by atoms with Crippen molar-refractivity contribution in [1.29, 1.82) is 0 Å². The topological polar surface area (TPSA) is 43.9 Å². The van der Waals surface area contributed by atoms with Crippen molar-refractivity contribution >= 4 is 23.2 Å². The average Bonchev–Trinajstić information content (AvgIpc) is 2.94. The highest BCUT2D eigenvalue weighted by Gasteiger charge is 2.41. The van der Waals surface area contributed by atoms with E-state index in [-0.39, 0.29) is 24.4 Å². The molecule has 1 aromatic heterocycles. The minimum Gasteiger partial charge on any atom is -0.328 e. The number of nitrogens with zero attached hydrogens (tertiary/aromatic N) is 3. The van der Waals surface area contributed by atoms with Gasteiger partial charge in [0.15, 0.2) is 0 Å². The van der Waals surface area contributed by atoms with Crippen LogP contribution in [-0.2, 0) is 22.7 Å². The molecule has 2 aromatic rings. The summed E-state index contributed by atoms with van der Waals surface area (Å²) in [6.45, 7) is 5.87. The van der Waals surface area contributed by atoms with E-state index >= 15 is 0 Å². The van der Waals surface area contributed by atoms with E-state index in [1.807, 2.05) is 35.2 Å². The second-order valence-electron chi connectivity index (χ2n) is 7.38. The molecule has 0 radical (unpaired) electrons. The van der Waals surface area contributed by atoms with Crippen LogP contribution in [0.1, 0.15) is 21.7 Å². The summed E-state index contributed by atoms with van der Waals surface area (Å²) in [5, 5.41) is 0.